The van der Waals surface area contributed by atoms with Gasteiger partial charge in [-0.05, 0) is 80.1 Å². The number of benzene rings is 3. The molecular formula is C31H32Br2N2O6. The average Bonchev–Trinajstić information content (AvgIpc) is 2.99. The highest BCUT2D eigenvalue weighted by molar-refractivity contribution is 9.28. The summed E-state index contributed by atoms with van der Waals surface area (Å²) >= 11 is 6.81. The number of nitrogens with zero attached hydrogens (tertiary/aromatic N) is 2. The van der Waals surface area contributed by atoms with Crippen LogP contribution in [0.2, 0.25) is 0 Å². The van der Waals surface area contributed by atoms with E-state index in [2.05, 4.69) is 31.9 Å². The Morgan fingerprint density at radius 2 is 1.63 bits per heavy atom. The van der Waals surface area contributed by atoms with Gasteiger partial charge in [0.1, 0.15) is 23.3 Å². The van der Waals surface area contributed by atoms with Crippen LogP contribution >= 0.6 is 31.9 Å². The Labute approximate surface area is 256 Å². The van der Waals surface area contributed by atoms with E-state index >= 15 is 0 Å². The molecule has 1 aliphatic heterocycles. The van der Waals surface area contributed by atoms with E-state index < -0.39 is 24.2 Å². The van der Waals surface area contributed by atoms with E-state index in [9.17, 15) is 14.7 Å². The molecule has 3 atom stereocenters. The van der Waals surface area contributed by atoms with E-state index in [1.165, 1.54) is 4.90 Å². The molecular weight excluding hydrogens is 656 g/mol. The molecule has 10 heteroatoms. The molecule has 4 rings (SSSR count). The minimum absolute atomic E-state index is 0.263. The highest BCUT2D eigenvalue weighted by Crippen LogP contribution is 2.39. The number of carbonyl (C=O) groups excluding carboxylic acids is 1. The molecule has 0 saturated carbocycles. The number of amides is 2. The largest absolute Gasteiger partial charge is 0.497 e. The lowest BCUT2D eigenvalue weighted by molar-refractivity contribution is -0.160. The maximum Gasteiger partial charge on any atom is 0.408 e. The van der Waals surface area contributed by atoms with Gasteiger partial charge in [-0.25, -0.2) is 4.79 Å². The van der Waals surface area contributed by atoms with E-state index in [1.807, 2.05) is 60.7 Å². The number of hydrogen-bond acceptors (Lipinski definition) is 5. The van der Waals surface area contributed by atoms with Gasteiger partial charge in [-0.15, -0.1) is 0 Å². The van der Waals surface area contributed by atoms with Crippen molar-refractivity contribution >= 4 is 43.9 Å². The predicted octanol–water partition coefficient (Wildman–Crippen LogP) is 6.78. The minimum Gasteiger partial charge on any atom is -0.497 e. The first kappa shape index (κ1) is 30.5. The molecule has 41 heavy (non-hydrogen) atoms. The summed E-state index contributed by atoms with van der Waals surface area (Å²) in [6.45, 7) is 0.264. The highest BCUT2D eigenvalue weighted by atomic mass is 79.9. The van der Waals surface area contributed by atoms with Crippen LogP contribution in [0.15, 0.2) is 82.3 Å². The molecule has 1 N–H and O–H groups in total. The Balaban J connectivity index is 1.72. The molecule has 1 heterocycles. The average molecular weight is 688 g/mol. The lowest BCUT2D eigenvalue weighted by atomic mass is 9.86. The number of hydrogen-bond donors (Lipinski definition) is 1. The van der Waals surface area contributed by atoms with Gasteiger partial charge in [0.15, 0.2) is 0 Å². The van der Waals surface area contributed by atoms with E-state index in [1.54, 1.807) is 44.4 Å². The van der Waals surface area contributed by atoms with Crippen LogP contribution in [0, 0.1) is 0 Å². The number of likely N-dealkylation sites (tertiary alicyclic amines) is 1. The van der Waals surface area contributed by atoms with Crippen molar-refractivity contribution in [2.45, 2.75) is 37.5 Å². The number of carboxylic acid groups (broad SMARTS) is 1. The van der Waals surface area contributed by atoms with Crippen molar-refractivity contribution in [3.63, 3.8) is 0 Å². The van der Waals surface area contributed by atoms with Gasteiger partial charge in [-0.3, -0.25) is 9.69 Å². The van der Waals surface area contributed by atoms with Gasteiger partial charge in [-0.1, -0.05) is 48.5 Å². The fraction of sp³-hybridized carbons (Fsp3) is 0.290. The van der Waals surface area contributed by atoms with Crippen molar-refractivity contribution in [1.82, 2.24) is 9.80 Å². The lowest BCUT2D eigenvalue weighted by Gasteiger charge is -2.52. The fourth-order valence-corrected chi connectivity index (χ4v) is 5.58. The van der Waals surface area contributed by atoms with Gasteiger partial charge in [-0.2, -0.15) is 0 Å². The minimum atomic E-state index is -1.16. The molecule has 216 valence electrons. The molecule has 1 aliphatic rings. The molecule has 0 bridgehead atoms. The van der Waals surface area contributed by atoms with Crippen molar-refractivity contribution in [1.29, 1.82) is 0 Å². The van der Waals surface area contributed by atoms with E-state index in [0.29, 0.717) is 30.1 Å². The van der Waals surface area contributed by atoms with Crippen molar-refractivity contribution in [3.8, 4) is 17.2 Å². The van der Waals surface area contributed by atoms with Crippen LogP contribution in [0.25, 0.3) is 0 Å². The maximum atomic E-state index is 13.9. The molecule has 1 fully saturated rings. The van der Waals surface area contributed by atoms with Crippen LogP contribution in [0.5, 0.6) is 17.2 Å². The smallest absolute Gasteiger partial charge is 0.408 e. The van der Waals surface area contributed by atoms with Crippen LogP contribution in [0.4, 0.5) is 4.79 Å². The molecule has 3 aromatic rings. The van der Waals surface area contributed by atoms with E-state index in [0.717, 1.165) is 20.1 Å². The monoisotopic (exact) mass is 686 g/mol. The van der Waals surface area contributed by atoms with Crippen molar-refractivity contribution in [3.05, 3.63) is 99.0 Å². The van der Waals surface area contributed by atoms with Crippen LogP contribution in [0.1, 0.15) is 29.2 Å². The number of β-lactam (4-membered cyclic amide) rings is 1. The predicted molar refractivity (Wildman–Crippen MR) is 164 cm³/mol. The summed E-state index contributed by atoms with van der Waals surface area (Å²) in [4.78, 5) is 29.9. The lowest BCUT2D eigenvalue weighted by Crippen LogP contribution is -2.71. The quantitative estimate of drug-likeness (QED) is 0.211. The number of carbonyl (C=O) groups is 2. The Bertz CT molecular complexity index is 1380. The third kappa shape index (κ3) is 7.05. The Kier molecular flexibility index (Phi) is 10.3. The standard InChI is InChI=1S/C31H32Br2N2O6/c1-39-23-12-9-21(10-13-23)26(17-20-7-5-4-6-8-20)35(31(37)38)29-25(15-16-28(32)33)34(30(29)36)19-22-11-14-24(40-2)18-27(22)41-3/h4-14,16,18,25-26,29H,15,17,19H2,1-3H3,(H,37,38)/t25-,26?,29+/m1/s1. The van der Waals surface area contributed by atoms with Gasteiger partial charge in [0.05, 0.1) is 36.8 Å². The van der Waals surface area contributed by atoms with Crippen molar-refractivity contribution < 1.29 is 28.9 Å². The Hall–Kier alpha value is -3.50. The molecule has 0 radical (unpaired) electrons. The van der Waals surface area contributed by atoms with Crippen molar-refractivity contribution in [2.75, 3.05) is 21.3 Å². The molecule has 3 aromatic carbocycles. The van der Waals surface area contributed by atoms with Gasteiger partial charge in [0.25, 0.3) is 0 Å². The SMILES string of the molecule is COc1ccc(C(Cc2ccccc2)N(C(=O)O)[C@@H]2C(=O)N(Cc3ccc(OC)cc3OC)[C@@H]2CC=C(Br)Br)cc1. The first-order valence-corrected chi connectivity index (χ1v) is 14.6. The summed E-state index contributed by atoms with van der Waals surface area (Å²) in [5.41, 5.74) is 2.53. The Morgan fingerprint density at radius 1 is 0.976 bits per heavy atom. The maximum absolute atomic E-state index is 13.9. The second-order valence-corrected chi connectivity index (χ2v) is 12.3. The zero-order valence-electron chi connectivity index (χ0n) is 23.0. The third-order valence-corrected chi connectivity index (χ3v) is 7.93. The number of methoxy groups -OCH3 is 3. The van der Waals surface area contributed by atoms with Crippen molar-refractivity contribution in [2.24, 2.45) is 0 Å². The van der Waals surface area contributed by atoms with Crippen LogP contribution in [-0.4, -0.2) is 60.3 Å². The summed E-state index contributed by atoms with van der Waals surface area (Å²) in [5.74, 6) is 1.63. The molecule has 1 saturated heterocycles. The summed E-state index contributed by atoms with van der Waals surface area (Å²) in [6, 6.07) is 20.5. The first-order valence-electron chi connectivity index (χ1n) is 13.0. The van der Waals surface area contributed by atoms with E-state index in [-0.39, 0.29) is 12.5 Å². The van der Waals surface area contributed by atoms with Gasteiger partial charge < -0.3 is 24.2 Å². The third-order valence-electron chi connectivity index (χ3n) is 7.28. The zero-order valence-corrected chi connectivity index (χ0v) is 26.2. The number of ether oxygens (including phenoxy) is 3. The molecule has 0 spiro atoms. The molecule has 1 unspecified atom stereocenters. The van der Waals surface area contributed by atoms with Crippen LogP contribution < -0.4 is 14.2 Å². The molecule has 8 nitrogen and oxygen atoms in total. The van der Waals surface area contributed by atoms with Gasteiger partial charge in [0.2, 0.25) is 5.91 Å². The van der Waals surface area contributed by atoms with E-state index in [4.69, 9.17) is 14.2 Å². The first-order chi connectivity index (χ1) is 19.8. The highest BCUT2D eigenvalue weighted by Gasteiger charge is 2.53. The van der Waals surface area contributed by atoms with Gasteiger partial charge >= 0.3 is 6.09 Å². The molecule has 0 aromatic heterocycles. The summed E-state index contributed by atoms with van der Waals surface area (Å²) < 4.78 is 16.9. The topological polar surface area (TPSA) is 88.5 Å². The zero-order chi connectivity index (χ0) is 29.5. The number of halogens is 2. The second-order valence-electron chi connectivity index (χ2n) is 9.55. The summed E-state index contributed by atoms with van der Waals surface area (Å²) in [5, 5.41) is 10.6. The fourth-order valence-electron chi connectivity index (χ4n) is 5.20. The molecule has 2 amide bonds. The van der Waals surface area contributed by atoms with Crippen LogP contribution in [-0.2, 0) is 17.8 Å². The second kappa shape index (κ2) is 13.9. The summed E-state index contributed by atoms with van der Waals surface area (Å²) in [6.07, 6.45) is 1.57. The Morgan fingerprint density at radius 3 is 2.22 bits per heavy atom. The van der Waals surface area contributed by atoms with Gasteiger partial charge in [0, 0.05) is 18.2 Å². The molecule has 0 aliphatic carbocycles. The number of rotatable bonds is 12. The normalized spacial score (nSPS) is 16.8. The summed E-state index contributed by atoms with van der Waals surface area (Å²) in [7, 11) is 4.73. The van der Waals surface area contributed by atoms with Crippen LogP contribution in [0.3, 0.4) is 0 Å².